The van der Waals surface area contributed by atoms with Crippen molar-refractivity contribution in [2.45, 2.75) is 23.5 Å². The van der Waals surface area contributed by atoms with Gasteiger partial charge in [0.05, 0.1) is 48.3 Å². The first-order valence-electron chi connectivity index (χ1n) is 10.5. The van der Waals surface area contributed by atoms with Crippen molar-refractivity contribution in [1.29, 1.82) is 0 Å². The summed E-state index contributed by atoms with van der Waals surface area (Å²) >= 11 is 0. The summed E-state index contributed by atoms with van der Waals surface area (Å²) in [5.41, 5.74) is 1.91. The van der Waals surface area contributed by atoms with Gasteiger partial charge in [-0.05, 0) is 35.0 Å². The van der Waals surface area contributed by atoms with E-state index in [2.05, 4.69) is 30.4 Å². The first-order chi connectivity index (χ1) is 16.4. The third-order valence-corrected chi connectivity index (χ3v) is 6.26. The Kier molecular flexibility index (Phi) is 5.87. The molecule has 0 aromatic heterocycles. The Bertz CT molecular complexity index is 1320. The van der Waals surface area contributed by atoms with Crippen LogP contribution in [0.3, 0.4) is 0 Å². The summed E-state index contributed by atoms with van der Waals surface area (Å²) in [7, 11) is 25.3. The molecule has 0 spiro atoms. The molecule has 4 rings (SSSR count). The van der Waals surface area contributed by atoms with E-state index in [0.717, 1.165) is 12.1 Å². The van der Waals surface area contributed by atoms with E-state index in [0.29, 0.717) is 46.5 Å². The molecule has 5 nitrogen and oxygen atoms in total. The molecule has 0 unspecified atom stereocenters. The summed E-state index contributed by atoms with van der Waals surface area (Å²) < 4.78 is 53.7. The van der Waals surface area contributed by atoms with Gasteiger partial charge in [-0.1, -0.05) is 19.7 Å². The van der Waals surface area contributed by atoms with Crippen LogP contribution in [0.15, 0.2) is 49.8 Å². The van der Waals surface area contributed by atoms with Crippen LogP contribution in [-0.2, 0) is 12.7 Å². The van der Waals surface area contributed by atoms with Gasteiger partial charge >= 0.3 is 6.18 Å². The highest BCUT2D eigenvalue weighted by molar-refractivity contribution is 6.55. The van der Waals surface area contributed by atoms with Crippen LogP contribution in [0.2, 0.25) is 0 Å². The van der Waals surface area contributed by atoms with E-state index in [1.54, 1.807) is 18.0 Å². The number of hydrogen-bond acceptors (Lipinski definition) is 5. The van der Waals surface area contributed by atoms with E-state index in [4.69, 9.17) is 31.4 Å². The average Bonchev–Trinajstić information content (AvgIpc) is 3.24. The van der Waals surface area contributed by atoms with E-state index in [-0.39, 0.29) is 17.1 Å². The lowest BCUT2D eigenvalue weighted by Crippen LogP contribution is -2.66. The Morgan fingerprint density at radius 2 is 1.75 bits per heavy atom. The van der Waals surface area contributed by atoms with E-state index < -0.39 is 28.3 Å². The first kappa shape index (κ1) is 25.9. The molecule has 8 radical (unpaired) electrons. The van der Waals surface area contributed by atoms with Crippen molar-refractivity contribution in [1.82, 2.24) is 5.32 Å². The zero-order valence-electron chi connectivity index (χ0n) is 19.3. The van der Waals surface area contributed by atoms with Gasteiger partial charge in [-0.25, -0.2) is 4.39 Å². The smallest absolute Gasteiger partial charge is 0.408 e. The Morgan fingerprint density at radius 3 is 2.33 bits per heavy atom. The first-order valence-corrected chi connectivity index (χ1v) is 10.5. The highest BCUT2D eigenvalue weighted by atomic mass is 19.4. The van der Waals surface area contributed by atoms with Crippen LogP contribution in [0.1, 0.15) is 22.3 Å². The van der Waals surface area contributed by atoms with Gasteiger partial charge in [0, 0.05) is 47.4 Å². The number of aliphatic hydroxyl groups is 1. The molecule has 0 amide bonds. The number of hydrogen-bond donors (Lipinski definition) is 3. The maximum absolute atomic E-state index is 14.0. The van der Waals surface area contributed by atoms with Gasteiger partial charge in [0.25, 0.3) is 0 Å². The Morgan fingerprint density at radius 1 is 1.11 bits per heavy atom. The minimum atomic E-state index is -4.74. The van der Waals surface area contributed by atoms with Crippen LogP contribution in [0.25, 0.3) is 11.4 Å². The maximum Gasteiger partial charge on any atom is 0.416 e. The zero-order valence-corrected chi connectivity index (χ0v) is 19.3. The second-order valence-electron chi connectivity index (χ2n) is 8.77. The van der Waals surface area contributed by atoms with Crippen molar-refractivity contribution in [2.75, 3.05) is 22.2 Å². The zero-order chi connectivity index (χ0) is 27.0. The Balaban J connectivity index is 1.85. The van der Waals surface area contributed by atoms with Gasteiger partial charge in [0.15, 0.2) is 0 Å². The van der Waals surface area contributed by atoms with Gasteiger partial charge in [-0.3, -0.25) is 0 Å². The standard InChI is InChI=1S/C23H18B4F4N4O/c1-10(13-5-14(21(29,30)31)7-15(28)6-13)33-17-8-18-20(19-11(2)32-9-16(17)19)34(4)12(3)35(18)22(24,25)23(26,27)36/h5-8,32-33,36H,1-3,9H2,4H3. The second-order valence-corrected chi connectivity index (χ2v) is 8.77. The summed E-state index contributed by atoms with van der Waals surface area (Å²) in [5.74, 6) is -0.829. The number of fused-ring (bicyclic) bond motifs is 3. The van der Waals surface area contributed by atoms with E-state index >= 15 is 0 Å². The van der Waals surface area contributed by atoms with Crippen molar-refractivity contribution >= 4 is 59.8 Å². The lowest BCUT2D eigenvalue weighted by atomic mass is 9.39. The molecular formula is C23H18B4F4N4O. The van der Waals surface area contributed by atoms with Gasteiger partial charge in [0.1, 0.15) is 11.6 Å². The Labute approximate surface area is 211 Å². The summed E-state index contributed by atoms with van der Waals surface area (Å²) in [4.78, 5) is 2.90. The van der Waals surface area contributed by atoms with Gasteiger partial charge in [0.2, 0.25) is 0 Å². The number of halogens is 4. The molecule has 0 saturated carbocycles. The summed E-state index contributed by atoms with van der Waals surface area (Å²) in [5, 5.41) is 11.6. The van der Waals surface area contributed by atoms with Crippen LogP contribution in [-0.4, -0.2) is 54.3 Å². The fourth-order valence-electron chi connectivity index (χ4n) is 4.28. The minimum Gasteiger partial charge on any atom is -0.408 e. The number of anilines is 3. The molecule has 0 bridgehead atoms. The van der Waals surface area contributed by atoms with Gasteiger partial charge in [-0.15, -0.1) is 0 Å². The second kappa shape index (κ2) is 8.16. The molecule has 2 aliphatic heterocycles. The maximum atomic E-state index is 14.0. The lowest BCUT2D eigenvalue weighted by Gasteiger charge is -2.48. The monoisotopic (exact) mass is 486 g/mol. The molecule has 0 fully saturated rings. The molecule has 13 heteroatoms. The van der Waals surface area contributed by atoms with E-state index in [1.807, 2.05) is 0 Å². The van der Waals surface area contributed by atoms with Crippen molar-refractivity contribution in [3.63, 3.8) is 0 Å². The topological polar surface area (TPSA) is 50.8 Å². The molecule has 3 N–H and O–H groups in total. The predicted octanol–water partition coefficient (Wildman–Crippen LogP) is 2.70. The van der Waals surface area contributed by atoms with Crippen LogP contribution in [0.5, 0.6) is 0 Å². The van der Waals surface area contributed by atoms with E-state index in [1.165, 1.54) is 4.90 Å². The number of nitrogens with zero attached hydrogens (tertiary/aromatic N) is 2. The third kappa shape index (κ3) is 3.99. The lowest BCUT2D eigenvalue weighted by molar-refractivity contribution is -0.137. The van der Waals surface area contributed by atoms with Crippen LogP contribution >= 0.6 is 0 Å². The fraction of sp³-hybridized carbons (Fsp3) is 0.217. The summed E-state index contributed by atoms with van der Waals surface area (Å²) in [6.45, 7) is 12.1. The van der Waals surface area contributed by atoms with E-state index in [9.17, 15) is 22.7 Å². The van der Waals surface area contributed by atoms with Crippen LogP contribution in [0.4, 0.5) is 34.6 Å². The molecule has 2 aliphatic rings. The average molecular weight is 486 g/mol. The molecule has 0 saturated heterocycles. The number of alkyl halides is 3. The molecule has 0 atom stereocenters. The normalized spacial score (nSPS) is 15.6. The van der Waals surface area contributed by atoms with Crippen LogP contribution < -0.4 is 20.4 Å². The number of nitrogens with one attached hydrogen (secondary N) is 2. The Hall–Kier alpha value is -3.20. The van der Waals surface area contributed by atoms with Crippen molar-refractivity contribution < 1.29 is 22.7 Å². The van der Waals surface area contributed by atoms with Gasteiger partial charge in [-0.2, -0.15) is 13.2 Å². The fourth-order valence-corrected chi connectivity index (χ4v) is 4.28. The molecular weight excluding hydrogens is 468 g/mol. The molecule has 36 heavy (non-hydrogen) atoms. The molecule has 2 aromatic carbocycles. The van der Waals surface area contributed by atoms with Crippen molar-refractivity contribution in [3.8, 4) is 0 Å². The molecule has 2 aromatic rings. The van der Waals surface area contributed by atoms with Crippen molar-refractivity contribution in [2.24, 2.45) is 0 Å². The predicted molar refractivity (Wildman–Crippen MR) is 137 cm³/mol. The number of benzene rings is 2. The quantitative estimate of drug-likeness (QED) is 0.449. The third-order valence-electron chi connectivity index (χ3n) is 6.26. The highest BCUT2D eigenvalue weighted by Gasteiger charge is 2.46. The minimum absolute atomic E-state index is 0.00250. The molecule has 2 heterocycles. The summed E-state index contributed by atoms with van der Waals surface area (Å²) in [6.07, 6.45) is -4.74. The van der Waals surface area contributed by atoms with Gasteiger partial charge < -0.3 is 25.5 Å². The molecule has 0 aliphatic carbocycles. The van der Waals surface area contributed by atoms with Crippen molar-refractivity contribution in [3.05, 3.63) is 77.9 Å². The summed E-state index contributed by atoms with van der Waals surface area (Å²) in [6, 6.07) is 3.71. The van der Waals surface area contributed by atoms with Crippen LogP contribution in [0, 0.1) is 5.82 Å². The molecule has 176 valence electrons. The largest absolute Gasteiger partial charge is 0.416 e. The SMILES string of the molecule is [B]C([B])(O)C([B])([B])N1C(=C)N(C)c2c1cc(NC(=C)c1cc(F)cc(C(F)(F)F)c1)c1c2C(=C)NC1. The highest BCUT2D eigenvalue weighted by Crippen LogP contribution is 2.52. The number of rotatable bonds is 5.